The predicted octanol–water partition coefficient (Wildman–Crippen LogP) is 2.00. The number of ether oxygens (including phenoxy) is 1. The normalized spacial score (nSPS) is 12.3. The molecule has 1 rings (SSSR count). The standard InChI is InChI=1S/C14H21FN2O2/c1-9(2)7-17-14(18)8-19-13-5-4-11(10(3)16)6-12(13)15/h4-6,9-10H,7-8,16H2,1-3H3,(H,17,18)/t10-/m1/s1. The lowest BCUT2D eigenvalue weighted by Gasteiger charge is -2.11. The third-order valence-electron chi connectivity index (χ3n) is 2.55. The zero-order valence-electron chi connectivity index (χ0n) is 11.6. The molecule has 0 heterocycles. The molecule has 0 radical (unpaired) electrons. The van der Waals surface area contributed by atoms with Gasteiger partial charge in [0, 0.05) is 12.6 Å². The molecule has 19 heavy (non-hydrogen) atoms. The van der Waals surface area contributed by atoms with Crippen molar-refractivity contribution in [2.75, 3.05) is 13.2 Å². The molecule has 4 nitrogen and oxygen atoms in total. The van der Waals surface area contributed by atoms with E-state index in [4.69, 9.17) is 10.5 Å². The van der Waals surface area contributed by atoms with Crippen LogP contribution in [0.2, 0.25) is 0 Å². The number of nitrogens with one attached hydrogen (secondary N) is 1. The molecule has 1 aromatic rings. The number of carbonyl (C=O) groups is 1. The number of hydrogen-bond acceptors (Lipinski definition) is 3. The highest BCUT2D eigenvalue weighted by Gasteiger charge is 2.09. The van der Waals surface area contributed by atoms with E-state index in [0.29, 0.717) is 18.0 Å². The zero-order chi connectivity index (χ0) is 14.4. The first kappa shape index (κ1) is 15.4. The van der Waals surface area contributed by atoms with Crippen molar-refractivity contribution in [3.8, 4) is 5.75 Å². The Labute approximate surface area is 113 Å². The average molecular weight is 268 g/mol. The summed E-state index contributed by atoms with van der Waals surface area (Å²) in [7, 11) is 0. The number of amides is 1. The van der Waals surface area contributed by atoms with E-state index < -0.39 is 5.82 Å². The SMILES string of the molecule is CC(C)CNC(=O)COc1ccc([C@@H](C)N)cc1F. The number of rotatable bonds is 6. The molecule has 1 atom stereocenters. The Bertz CT molecular complexity index is 433. The summed E-state index contributed by atoms with van der Waals surface area (Å²) in [5.41, 5.74) is 6.34. The third-order valence-corrected chi connectivity index (χ3v) is 2.55. The summed E-state index contributed by atoms with van der Waals surface area (Å²) >= 11 is 0. The summed E-state index contributed by atoms with van der Waals surface area (Å²) in [6.45, 7) is 6.14. The van der Waals surface area contributed by atoms with Gasteiger partial charge in [0.2, 0.25) is 0 Å². The largest absolute Gasteiger partial charge is 0.481 e. The molecule has 0 spiro atoms. The van der Waals surface area contributed by atoms with Crippen LogP contribution in [-0.4, -0.2) is 19.1 Å². The van der Waals surface area contributed by atoms with Gasteiger partial charge in [0.05, 0.1) is 0 Å². The molecule has 3 N–H and O–H groups in total. The quantitative estimate of drug-likeness (QED) is 0.829. The monoisotopic (exact) mass is 268 g/mol. The Morgan fingerprint density at radius 3 is 2.63 bits per heavy atom. The van der Waals surface area contributed by atoms with Gasteiger partial charge < -0.3 is 15.8 Å². The Hall–Kier alpha value is -1.62. The summed E-state index contributed by atoms with van der Waals surface area (Å²) < 4.78 is 18.8. The maximum atomic E-state index is 13.7. The lowest BCUT2D eigenvalue weighted by molar-refractivity contribution is -0.123. The van der Waals surface area contributed by atoms with Gasteiger partial charge in [-0.3, -0.25) is 4.79 Å². The van der Waals surface area contributed by atoms with Crippen LogP contribution in [0.3, 0.4) is 0 Å². The molecule has 1 aromatic carbocycles. The van der Waals surface area contributed by atoms with Crippen LogP contribution in [-0.2, 0) is 4.79 Å². The van der Waals surface area contributed by atoms with E-state index in [9.17, 15) is 9.18 Å². The molecular weight excluding hydrogens is 247 g/mol. The van der Waals surface area contributed by atoms with Crippen LogP contribution in [0.1, 0.15) is 32.4 Å². The third kappa shape index (κ3) is 5.26. The fraction of sp³-hybridized carbons (Fsp3) is 0.500. The van der Waals surface area contributed by atoms with Crippen LogP contribution < -0.4 is 15.8 Å². The van der Waals surface area contributed by atoms with Crippen LogP contribution in [0.4, 0.5) is 4.39 Å². The van der Waals surface area contributed by atoms with E-state index in [-0.39, 0.29) is 24.3 Å². The molecule has 0 bridgehead atoms. The van der Waals surface area contributed by atoms with Gasteiger partial charge in [-0.25, -0.2) is 4.39 Å². The van der Waals surface area contributed by atoms with Crippen LogP contribution >= 0.6 is 0 Å². The highest BCUT2D eigenvalue weighted by molar-refractivity contribution is 5.77. The maximum absolute atomic E-state index is 13.7. The summed E-state index contributed by atoms with van der Waals surface area (Å²) in [6, 6.07) is 4.27. The molecule has 0 aromatic heterocycles. The second-order valence-corrected chi connectivity index (χ2v) is 4.97. The number of hydrogen-bond donors (Lipinski definition) is 2. The van der Waals surface area contributed by atoms with Crippen LogP contribution in [0, 0.1) is 11.7 Å². The number of benzene rings is 1. The molecule has 0 aliphatic rings. The van der Waals surface area contributed by atoms with Crippen molar-refractivity contribution in [3.05, 3.63) is 29.6 Å². The average Bonchev–Trinajstić information content (AvgIpc) is 2.34. The van der Waals surface area contributed by atoms with Gasteiger partial charge >= 0.3 is 0 Å². The number of carbonyl (C=O) groups excluding carboxylic acids is 1. The Morgan fingerprint density at radius 1 is 1.42 bits per heavy atom. The molecule has 0 saturated heterocycles. The summed E-state index contributed by atoms with van der Waals surface area (Å²) in [5.74, 6) is -0.342. The predicted molar refractivity (Wildman–Crippen MR) is 72.3 cm³/mol. The van der Waals surface area contributed by atoms with Gasteiger partial charge in [0.25, 0.3) is 5.91 Å². The van der Waals surface area contributed by atoms with E-state index >= 15 is 0 Å². The smallest absolute Gasteiger partial charge is 0.257 e. The Balaban J connectivity index is 2.51. The summed E-state index contributed by atoms with van der Waals surface area (Å²) in [4.78, 5) is 11.4. The minimum Gasteiger partial charge on any atom is -0.481 e. The van der Waals surface area contributed by atoms with E-state index in [1.807, 2.05) is 13.8 Å². The fourth-order valence-corrected chi connectivity index (χ4v) is 1.43. The molecule has 0 fully saturated rings. The maximum Gasteiger partial charge on any atom is 0.257 e. The minimum atomic E-state index is -0.508. The lowest BCUT2D eigenvalue weighted by Crippen LogP contribution is -2.31. The highest BCUT2D eigenvalue weighted by Crippen LogP contribution is 2.20. The van der Waals surface area contributed by atoms with Gasteiger partial charge in [-0.05, 0) is 30.5 Å². The second-order valence-electron chi connectivity index (χ2n) is 4.97. The number of halogens is 1. The van der Waals surface area contributed by atoms with Crippen LogP contribution in [0.15, 0.2) is 18.2 Å². The van der Waals surface area contributed by atoms with E-state index in [2.05, 4.69) is 5.32 Å². The van der Waals surface area contributed by atoms with Crippen LogP contribution in [0.25, 0.3) is 0 Å². The number of nitrogens with two attached hydrogens (primary N) is 1. The van der Waals surface area contributed by atoms with Crippen LogP contribution in [0.5, 0.6) is 5.75 Å². The molecule has 106 valence electrons. The summed E-state index contributed by atoms with van der Waals surface area (Å²) in [5, 5.41) is 2.70. The van der Waals surface area contributed by atoms with Crippen molar-refractivity contribution in [1.29, 1.82) is 0 Å². The first-order valence-corrected chi connectivity index (χ1v) is 6.34. The van der Waals surface area contributed by atoms with E-state index in [1.54, 1.807) is 13.0 Å². The van der Waals surface area contributed by atoms with Gasteiger partial charge in [-0.2, -0.15) is 0 Å². The molecule has 5 heteroatoms. The zero-order valence-corrected chi connectivity index (χ0v) is 11.6. The lowest BCUT2D eigenvalue weighted by atomic mass is 10.1. The van der Waals surface area contributed by atoms with Gasteiger partial charge in [-0.1, -0.05) is 19.9 Å². The minimum absolute atomic E-state index is 0.0593. The Morgan fingerprint density at radius 2 is 2.11 bits per heavy atom. The van der Waals surface area contributed by atoms with Crippen molar-refractivity contribution in [3.63, 3.8) is 0 Å². The molecule has 0 unspecified atom stereocenters. The molecule has 0 saturated carbocycles. The van der Waals surface area contributed by atoms with Crippen molar-refractivity contribution < 1.29 is 13.9 Å². The fourth-order valence-electron chi connectivity index (χ4n) is 1.43. The molecule has 1 amide bonds. The van der Waals surface area contributed by atoms with Crippen molar-refractivity contribution in [2.24, 2.45) is 11.7 Å². The first-order chi connectivity index (χ1) is 8.90. The van der Waals surface area contributed by atoms with Gasteiger partial charge in [0.15, 0.2) is 18.2 Å². The van der Waals surface area contributed by atoms with Crippen molar-refractivity contribution in [2.45, 2.75) is 26.8 Å². The van der Waals surface area contributed by atoms with Gasteiger partial charge in [0.1, 0.15) is 0 Å². The molecular formula is C14H21FN2O2. The highest BCUT2D eigenvalue weighted by atomic mass is 19.1. The second kappa shape index (κ2) is 7.09. The van der Waals surface area contributed by atoms with Gasteiger partial charge in [-0.15, -0.1) is 0 Å². The van der Waals surface area contributed by atoms with E-state index in [1.165, 1.54) is 12.1 Å². The van der Waals surface area contributed by atoms with E-state index in [0.717, 1.165) is 0 Å². The molecule has 0 aliphatic carbocycles. The molecule has 0 aliphatic heterocycles. The Kier molecular flexibility index (Phi) is 5.76. The van der Waals surface area contributed by atoms with Crippen molar-refractivity contribution >= 4 is 5.91 Å². The summed E-state index contributed by atoms with van der Waals surface area (Å²) in [6.07, 6.45) is 0. The topological polar surface area (TPSA) is 64.3 Å². The van der Waals surface area contributed by atoms with Crippen molar-refractivity contribution in [1.82, 2.24) is 5.32 Å². The first-order valence-electron chi connectivity index (χ1n) is 6.34.